The minimum Gasteiger partial charge on any atom is -0.328 e. The van der Waals surface area contributed by atoms with Crippen LogP contribution in [-0.2, 0) is 4.79 Å². The Hall–Kier alpha value is -2.87. The number of anilines is 1. The first-order valence-electron chi connectivity index (χ1n) is 8.08. The van der Waals surface area contributed by atoms with Gasteiger partial charge in [0.1, 0.15) is 0 Å². The van der Waals surface area contributed by atoms with E-state index in [4.69, 9.17) is 0 Å². The smallest absolute Gasteiger partial charge is 0.211 e. The van der Waals surface area contributed by atoms with E-state index < -0.39 is 0 Å². The highest BCUT2D eigenvalue weighted by Gasteiger charge is 2.13. The van der Waals surface area contributed by atoms with Crippen LogP contribution in [0.4, 0.5) is 5.69 Å². The minimum atomic E-state index is 0.744. The number of rotatable bonds is 4. The first-order valence-corrected chi connectivity index (χ1v) is 8.08. The van der Waals surface area contributed by atoms with E-state index in [-0.39, 0.29) is 0 Å². The number of amides is 1. The lowest BCUT2D eigenvalue weighted by Gasteiger charge is -2.17. The molecule has 0 saturated heterocycles. The third-order valence-corrected chi connectivity index (χ3v) is 4.45. The highest BCUT2D eigenvalue weighted by molar-refractivity contribution is 5.90. The van der Waals surface area contributed by atoms with Crippen LogP contribution in [0.5, 0.6) is 0 Å². The standard InChI is InChI=1S/C22H21NO/c1-15-8-4-6-10-18(15)20-13-22(23-14-24)21(12-17(20)3)19-11-7-5-9-16(19)2/h4-14H,1-3H3,(H,23,24). The van der Waals surface area contributed by atoms with Crippen LogP contribution < -0.4 is 5.32 Å². The van der Waals surface area contributed by atoms with Crippen molar-refractivity contribution in [1.82, 2.24) is 0 Å². The number of benzene rings is 3. The van der Waals surface area contributed by atoms with Crippen molar-refractivity contribution >= 4 is 12.1 Å². The zero-order valence-corrected chi connectivity index (χ0v) is 14.3. The van der Waals surface area contributed by atoms with Gasteiger partial charge in [-0.2, -0.15) is 0 Å². The summed E-state index contributed by atoms with van der Waals surface area (Å²) in [5.74, 6) is 0. The normalized spacial score (nSPS) is 10.5. The second kappa shape index (κ2) is 6.71. The molecule has 0 atom stereocenters. The monoisotopic (exact) mass is 315 g/mol. The van der Waals surface area contributed by atoms with Gasteiger partial charge in [-0.3, -0.25) is 4.79 Å². The van der Waals surface area contributed by atoms with Gasteiger partial charge in [0.2, 0.25) is 6.41 Å². The first-order chi connectivity index (χ1) is 11.6. The maximum atomic E-state index is 11.1. The molecule has 0 aromatic heterocycles. The van der Waals surface area contributed by atoms with Gasteiger partial charge >= 0.3 is 0 Å². The fourth-order valence-electron chi connectivity index (χ4n) is 3.15. The second-order valence-corrected chi connectivity index (χ2v) is 6.10. The number of hydrogen-bond acceptors (Lipinski definition) is 1. The minimum absolute atomic E-state index is 0.744. The van der Waals surface area contributed by atoms with Crippen molar-refractivity contribution in [2.75, 3.05) is 5.32 Å². The van der Waals surface area contributed by atoms with Crippen molar-refractivity contribution < 1.29 is 4.79 Å². The molecule has 0 aliphatic carbocycles. The highest BCUT2D eigenvalue weighted by Crippen LogP contribution is 2.37. The van der Waals surface area contributed by atoms with Gasteiger partial charge in [-0.15, -0.1) is 0 Å². The van der Waals surface area contributed by atoms with Gasteiger partial charge in [-0.05, 0) is 66.3 Å². The van der Waals surface area contributed by atoms with Crippen molar-refractivity contribution in [3.63, 3.8) is 0 Å². The zero-order valence-electron chi connectivity index (χ0n) is 14.3. The van der Waals surface area contributed by atoms with E-state index in [0.717, 1.165) is 28.8 Å². The molecule has 3 aromatic rings. The number of nitrogens with one attached hydrogen (secondary N) is 1. The largest absolute Gasteiger partial charge is 0.328 e. The molecule has 24 heavy (non-hydrogen) atoms. The van der Waals surface area contributed by atoms with Crippen molar-refractivity contribution in [3.8, 4) is 22.3 Å². The number of hydrogen-bond donors (Lipinski definition) is 1. The summed E-state index contributed by atoms with van der Waals surface area (Å²) in [7, 11) is 0. The Morgan fingerprint density at radius 1 is 0.667 bits per heavy atom. The van der Waals surface area contributed by atoms with Crippen molar-refractivity contribution in [2.24, 2.45) is 0 Å². The predicted molar refractivity (Wildman–Crippen MR) is 101 cm³/mol. The van der Waals surface area contributed by atoms with Gasteiger partial charge in [0.25, 0.3) is 0 Å². The van der Waals surface area contributed by atoms with Crippen LogP contribution in [0, 0.1) is 20.8 Å². The summed E-state index contributed by atoms with van der Waals surface area (Å²) >= 11 is 0. The Balaban J connectivity index is 2.23. The molecule has 120 valence electrons. The quantitative estimate of drug-likeness (QED) is 0.632. The molecule has 0 aliphatic rings. The molecule has 0 saturated carbocycles. The molecular weight excluding hydrogens is 294 g/mol. The van der Waals surface area contributed by atoms with Crippen molar-refractivity contribution in [2.45, 2.75) is 20.8 Å². The van der Waals surface area contributed by atoms with Crippen LogP contribution in [0.25, 0.3) is 22.3 Å². The molecule has 3 aromatic carbocycles. The van der Waals surface area contributed by atoms with E-state index >= 15 is 0 Å². The van der Waals surface area contributed by atoms with Gasteiger partial charge in [-0.25, -0.2) is 0 Å². The van der Waals surface area contributed by atoms with Crippen LogP contribution in [-0.4, -0.2) is 6.41 Å². The van der Waals surface area contributed by atoms with Crippen LogP contribution in [0.2, 0.25) is 0 Å². The molecule has 3 rings (SSSR count). The van der Waals surface area contributed by atoms with Crippen LogP contribution >= 0.6 is 0 Å². The molecule has 0 bridgehead atoms. The molecule has 0 spiro atoms. The summed E-state index contributed by atoms with van der Waals surface area (Å²) < 4.78 is 0. The molecule has 0 unspecified atom stereocenters. The molecule has 0 heterocycles. The SMILES string of the molecule is Cc1ccccc1-c1cc(NC=O)c(-c2ccccc2C)cc1C. The fourth-order valence-corrected chi connectivity index (χ4v) is 3.15. The number of carbonyl (C=O) groups is 1. The predicted octanol–water partition coefficient (Wildman–Crippen LogP) is 5.51. The molecule has 2 nitrogen and oxygen atoms in total. The topological polar surface area (TPSA) is 29.1 Å². The summed E-state index contributed by atoms with van der Waals surface area (Å²) in [6.07, 6.45) is 0.744. The van der Waals surface area contributed by atoms with E-state index in [1.165, 1.54) is 22.3 Å². The molecule has 1 amide bonds. The van der Waals surface area contributed by atoms with Gasteiger partial charge in [0.05, 0.1) is 0 Å². The van der Waals surface area contributed by atoms with Crippen LogP contribution in [0.1, 0.15) is 16.7 Å². The molecule has 0 fully saturated rings. The average Bonchev–Trinajstić information content (AvgIpc) is 2.58. The summed E-state index contributed by atoms with van der Waals surface area (Å²) in [5, 5.41) is 2.88. The highest BCUT2D eigenvalue weighted by atomic mass is 16.1. The summed E-state index contributed by atoms with van der Waals surface area (Å²) in [6, 6.07) is 20.8. The fraction of sp³-hybridized carbons (Fsp3) is 0.136. The molecule has 2 heteroatoms. The van der Waals surface area contributed by atoms with Crippen LogP contribution in [0.3, 0.4) is 0 Å². The van der Waals surface area contributed by atoms with E-state index in [1.807, 2.05) is 24.3 Å². The van der Waals surface area contributed by atoms with E-state index in [2.05, 4.69) is 62.5 Å². The lowest BCUT2D eigenvalue weighted by Crippen LogP contribution is -1.99. The summed E-state index contributed by atoms with van der Waals surface area (Å²) in [6.45, 7) is 6.32. The second-order valence-electron chi connectivity index (χ2n) is 6.10. The summed E-state index contributed by atoms with van der Waals surface area (Å²) in [5.41, 5.74) is 8.98. The Bertz CT molecular complexity index is 896. The Labute approximate surface area is 143 Å². The van der Waals surface area contributed by atoms with E-state index in [0.29, 0.717) is 0 Å². The van der Waals surface area contributed by atoms with Gasteiger partial charge in [0.15, 0.2) is 0 Å². The lowest BCUT2D eigenvalue weighted by molar-refractivity contribution is -0.105. The summed E-state index contributed by atoms with van der Waals surface area (Å²) in [4.78, 5) is 11.1. The Kier molecular flexibility index (Phi) is 4.48. The third-order valence-electron chi connectivity index (χ3n) is 4.45. The number of aryl methyl sites for hydroxylation is 3. The maximum absolute atomic E-state index is 11.1. The van der Waals surface area contributed by atoms with Crippen molar-refractivity contribution in [3.05, 3.63) is 77.4 Å². The van der Waals surface area contributed by atoms with Gasteiger partial charge in [-0.1, -0.05) is 48.5 Å². The van der Waals surface area contributed by atoms with Crippen molar-refractivity contribution in [1.29, 1.82) is 0 Å². The Morgan fingerprint density at radius 2 is 1.21 bits per heavy atom. The number of carbonyl (C=O) groups excluding carboxylic acids is 1. The molecule has 1 N–H and O–H groups in total. The lowest BCUT2D eigenvalue weighted by atomic mass is 9.91. The van der Waals surface area contributed by atoms with E-state index in [1.54, 1.807) is 0 Å². The molecule has 0 aliphatic heterocycles. The maximum Gasteiger partial charge on any atom is 0.211 e. The first kappa shape index (κ1) is 16.0. The van der Waals surface area contributed by atoms with Gasteiger partial charge in [0, 0.05) is 11.3 Å². The Morgan fingerprint density at radius 3 is 1.75 bits per heavy atom. The van der Waals surface area contributed by atoms with E-state index in [9.17, 15) is 4.79 Å². The molecular formula is C22H21NO. The van der Waals surface area contributed by atoms with Crippen LogP contribution in [0.15, 0.2) is 60.7 Å². The average molecular weight is 315 g/mol. The zero-order chi connectivity index (χ0) is 17.1. The van der Waals surface area contributed by atoms with Gasteiger partial charge < -0.3 is 5.32 Å². The molecule has 0 radical (unpaired) electrons. The third kappa shape index (κ3) is 2.95.